The van der Waals surface area contributed by atoms with Crippen LogP contribution in [0, 0.1) is 11.8 Å². The summed E-state index contributed by atoms with van der Waals surface area (Å²) in [7, 11) is 2.05. The second kappa shape index (κ2) is 3.97. The number of nitrogens with zero attached hydrogens (tertiary/aromatic N) is 1. The Labute approximate surface area is 81.7 Å². The normalized spacial score (nSPS) is 35.5. The van der Waals surface area contributed by atoms with Crippen molar-refractivity contribution in [2.75, 3.05) is 26.7 Å². The van der Waals surface area contributed by atoms with Crippen molar-refractivity contribution in [1.29, 1.82) is 0 Å². The Bertz CT molecular complexity index is 169. The molecule has 0 spiro atoms. The molecule has 1 saturated carbocycles. The molecular formula is C11H22N2. The minimum Gasteiger partial charge on any atom is -0.319 e. The molecule has 2 aliphatic rings. The van der Waals surface area contributed by atoms with Crippen LogP contribution in [0.1, 0.15) is 26.2 Å². The molecule has 13 heavy (non-hydrogen) atoms. The summed E-state index contributed by atoms with van der Waals surface area (Å²) in [6.07, 6.45) is 4.46. The molecule has 1 aliphatic carbocycles. The SMILES string of the molecule is CNCC(C)CN1CC2CCC1C2. The van der Waals surface area contributed by atoms with Gasteiger partial charge in [-0.2, -0.15) is 0 Å². The van der Waals surface area contributed by atoms with E-state index in [1.165, 1.54) is 32.4 Å². The first-order chi connectivity index (χ1) is 6.29. The maximum absolute atomic E-state index is 3.26. The third-order valence-corrected chi connectivity index (χ3v) is 3.62. The molecular weight excluding hydrogens is 160 g/mol. The maximum Gasteiger partial charge on any atom is 0.00987 e. The van der Waals surface area contributed by atoms with Crippen molar-refractivity contribution in [3.8, 4) is 0 Å². The van der Waals surface area contributed by atoms with Crippen LogP contribution < -0.4 is 5.32 Å². The van der Waals surface area contributed by atoms with E-state index in [9.17, 15) is 0 Å². The van der Waals surface area contributed by atoms with E-state index in [0.29, 0.717) is 0 Å². The molecule has 0 aromatic carbocycles. The molecule has 2 heteroatoms. The van der Waals surface area contributed by atoms with Crippen molar-refractivity contribution >= 4 is 0 Å². The van der Waals surface area contributed by atoms with E-state index in [1.54, 1.807) is 0 Å². The van der Waals surface area contributed by atoms with Gasteiger partial charge in [0.2, 0.25) is 0 Å². The molecule has 2 rings (SSSR count). The van der Waals surface area contributed by atoms with Crippen molar-refractivity contribution in [2.24, 2.45) is 11.8 Å². The fourth-order valence-electron chi connectivity index (χ4n) is 3.06. The lowest BCUT2D eigenvalue weighted by atomic mass is 10.1. The highest BCUT2D eigenvalue weighted by Gasteiger charge is 2.37. The zero-order chi connectivity index (χ0) is 9.26. The standard InChI is InChI=1S/C11H22N2/c1-9(6-12-2)7-13-8-10-3-4-11(13)5-10/h9-12H,3-8H2,1-2H3. The topological polar surface area (TPSA) is 15.3 Å². The van der Waals surface area contributed by atoms with Crippen LogP contribution in [0.3, 0.4) is 0 Å². The lowest BCUT2D eigenvalue weighted by Crippen LogP contribution is -2.37. The molecule has 3 atom stereocenters. The van der Waals surface area contributed by atoms with Gasteiger partial charge in [0.15, 0.2) is 0 Å². The molecule has 2 nitrogen and oxygen atoms in total. The van der Waals surface area contributed by atoms with E-state index in [2.05, 4.69) is 17.1 Å². The van der Waals surface area contributed by atoms with Gasteiger partial charge in [-0.15, -0.1) is 0 Å². The first-order valence-corrected chi connectivity index (χ1v) is 5.68. The quantitative estimate of drug-likeness (QED) is 0.705. The third-order valence-electron chi connectivity index (χ3n) is 3.62. The number of piperidine rings is 1. The Balaban J connectivity index is 1.76. The monoisotopic (exact) mass is 182 g/mol. The first-order valence-electron chi connectivity index (χ1n) is 5.68. The zero-order valence-electron chi connectivity index (χ0n) is 8.92. The van der Waals surface area contributed by atoms with Gasteiger partial charge in [-0.1, -0.05) is 6.92 Å². The van der Waals surface area contributed by atoms with Crippen LogP contribution in [0.15, 0.2) is 0 Å². The molecule has 0 amide bonds. The highest BCUT2D eigenvalue weighted by Crippen LogP contribution is 2.37. The number of fused-ring (bicyclic) bond motifs is 2. The Kier molecular flexibility index (Phi) is 2.89. The van der Waals surface area contributed by atoms with Crippen LogP contribution in [0.5, 0.6) is 0 Å². The molecule has 1 N–H and O–H groups in total. The van der Waals surface area contributed by atoms with Crippen molar-refractivity contribution in [3.63, 3.8) is 0 Å². The number of nitrogens with one attached hydrogen (secondary N) is 1. The second-order valence-corrected chi connectivity index (χ2v) is 4.95. The second-order valence-electron chi connectivity index (χ2n) is 4.95. The number of hydrogen-bond acceptors (Lipinski definition) is 2. The number of likely N-dealkylation sites (tertiary alicyclic amines) is 1. The van der Waals surface area contributed by atoms with E-state index in [1.807, 2.05) is 7.05 Å². The Hall–Kier alpha value is -0.0800. The summed E-state index contributed by atoms with van der Waals surface area (Å²) < 4.78 is 0. The minimum atomic E-state index is 0.810. The molecule has 3 unspecified atom stereocenters. The summed E-state index contributed by atoms with van der Waals surface area (Å²) in [6.45, 7) is 6.21. The number of hydrogen-bond donors (Lipinski definition) is 1. The molecule has 2 fully saturated rings. The fourth-order valence-corrected chi connectivity index (χ4v) is 3.06. The average molecular weight is 182 g/mol. The van der Waals surface area contributed by atoms with Gasteiger partial charge in [0.05, 0.1) is 0 Å². The van der Waals surface area contributed by atoms with Gasteiger partial charge in [0, 0.05) is 19.1 Å². The fraction of sp³-hybridized carbons (Fsp3) is 1.00. The molecule has 1 heterocycles. The lowest BCUT2D eigenvalue weighted by Gasteiger charge is -2.29. The number of rotatable bonds is 4. The van der Waals surface area contributed by atoms with Gasteiger partial charge < -0.3 is 5.32 Å². The van der Waals surface area contributed by atoms with Gasteiger partial charge >= 0.3 is 0 Å². The predicted octanol–water partition coefficient (Wildman–Crippen LogP) is 1.33. The van der Waals surface area contributed by atoms with Crippen molar-refractivity contribution in [3.05, 3.63) is 0 Å². The van der Waals surface area contributed by atoms with Crippen molar-refractivity contribution in [2.45, 2.75) is 32.2 Å². The van der Waals surface area contributed by atoms with Gasteiger partial charge in [0.25, 0.3) is 0 Å². The minimum absolute atomic E-state index is 0.810. The maximum atomic E-state index is 3.26. The molecule has 2 bridgehead atoms. The van der Waals surface area contributed by atoms with Gasteiger partial charge in [0.1, 0.15) is 0 Å². The van der Waals surface area contributed by atoms with E-state index in [0.717, 1.165) is 24.4 Å². The average Bonchev–Trinajstić information content (AvgIpc) is 2.65. The van der Waals surface area contributed by atoms with Crippen LogP contribution in [0.4, 0.5) is 0 Å². The van der Waals surface area contributed by atoms with Crippen LogP contribution >= 0.6 is 0 Å². The van der Waals surface area contributed by atoms with Gasteiger partial charge in [-0.3, -0.25) is 4.90 Å². The van der Waals surface area contributed by atoms with Gasteiger partial charge in [-0.25, -0.2) is 0 Å². The molecule has 0 radical (unpaired) electrons. The molecule has 76 valence electrons. The summed E-state index contributed by atoms with van der Waals surface area (Å²) in [6, 6.07) is 0.948. The molecule has 1 saturated heterocycles. The Morgan fingerprint density at radius 1 is 1.46 bits per heavy atom. The third kappa shape index (κ3) is 2.05. The highest BCUT2D eigenvalue weighted by molar-refractivity contribution is 4.92. The van der Waals surface area contributed by atoms with Crippen LogP contribution in [0.2, 0.25) is 0 Å². The van der Waals surface area contributed by atoms with Gasteiger partial charge in [-0.05, 0) is 44.7 Å². The summed E-state index contributed by atoms with van der Waals surface area (Å²) in [5.74, 6) is 1.86. The highest BCUT2D eigenvalue weighted by atomic mass is 15.2. The van der Waals surface area contributed by atoms with E-state index in [-0.39, 0.29) is 0 Å². The van der Waals surface area contributed by atoms with E-state index in [4.69, 9.17) is 0 Å². The largest absolute Gasteiger partial charge is 0.319 e. The zero-order valence-corrected chi connectivity index (χ0v) is 8.92. The van der Waals surface area contributed by atoms with Crippen molar-refractivity contribution < 1.29 is 0 Å². The van der Waals surface area contributed by atoms with Crippen LogP contribution in [0.25, 0.3) is 0 Å². The van der Waals surface area contributed by atoms with Crippen LogP contribution in [-0.2, 0) is 0 Å². The van der Waals surface area contributed by atoms with E-state index >= 15 is 0 Å². The first kappa shape index (κ1) is 9.47. The lowest BCUT2D eigenvalue weighted by molar-refractivity contribution is 0.186. The summed E-state index contributed by atoms with van der Waals surface area (Å²) in [4.78, 5) is 2.72. The summed E-state index contributed by atoms with van der Waals surface area (Å²) in [5, 5.41) is 3.26. The summed E-state index contributed by atoms with van der Waals surface area (Å²) >= 11 is 0. The molecule has 1 aliphatic heterocycles. The predicted molar refractivity (Wildman–Crippen MR) is 55.8 cm³/mol. The summed E-state index contributed by atoms with van der Waals surface area (Å²) in [5.41, 5.74) is 0. The van der Waals surface area contributed by atoms with E-state index < -0.39 is 0 Å². The Morgan fingerprint density at radius 2 is 2.31 bits per heavy atom. The Morgan fingerprint density at radius 3 is 2.85 bits per heavy atom. The smallest absolute Gasteiger partial charge is 0.00987 e. The van der Waals surface area contributed by atoms with Crippen LogP contribution in [-0.4, -0.2) is 37.6 Å². The van der Waals surface area contributed by atoms with Crippen molar-refractivity contribution in [1.82, 2.24) is 10.2 Å². The molecule has 0 aromatic rings. The molecule has 0 aromatic heterocycles.